The van der Waals surface area contributed by atoms with Gasteiger partial charge in [-0.1, -0.05) is 35.9 Å². The van der Waals surface area contributed by atoms with Crippen molar-refractivity contribution in [3.63, 3.8) is 0 Å². The van der Waals surface area contributed by atoms with Crippen LogP contribution in [-0.4, -0.2) is 19.8 Å². The first-order valence-corrected chi connectivity index (χ1v) is 10.1. The molecule has 5 rings (SSSR count). The van der Waals surface area contributed by atoms with Crippen LogP contribution in [-0.2, 0) is 4.79 Å². The summed E-state index contributed by atoms with van der Waals surface area (Å²) in [5.41, 5.74) is 3.83. The van der Waals surface area contributed by atoms with Gasteiger partial charge in [-0.25, -0.2) is 0 Å². The summed E-state index contributed by atoms with van der Waals surface area (Å²) in [6.07, 6.45) is 3.76. The highest BCUT2D eigenvalue weighted by Crippen LogP contribution is 2.41. The Morgan fingerprint density at radius 3 is 2.45 bits per heavy atom. The molecule has 0 unspecified atom stereocenters. The summed E-state index contributed by atoms with van der Waals surface area (Å²) in [6, 6.07) is 20.5. The van der Waals surface area contributed by atoms with Crippen molar-refractivity contribution in [3.05, 3.63) is 94.5 Å². The van der Waals surface area contributed by atoms with Gasteiger partial charge in [-0.05, 0) is 59.7 Å². The second-order valence-electron chi connectivity index (χ2n) is 7.09. The van der Waals surface area contributed by atoms with Crippen LogP contribution in [0.1, 0.15) is 11.1 Å². The molecular formula is C25H18ClNO4. The molecule has 2 heterocycles. The smallest absolute Gasteiger partial charge is 0.262 e. The minimum Gasteiger partial charge on any atom is -0.497 e. The van der Waals surface area contributed by atoms with Crippen molar-refractivity contribution in [2.24, 2.45) is 0 Å². The molecule has 5 nitrogen and oxygen atoms in total. The highest BCUT2D eigenvalue weighted by Gasteiger charge is 2.31. The highest BCUT2D eigenvalue weighted by molar-refractivity contribution is 6.30. The zero-order valence-electron chi connectivity index (χ0n) is 16.7. The Labute approximate surface area is 184 Å². The number of ether oxygens (including phenoxy) is 3. The van der Waals surface area contributed by atoms with Gasteiger partial charge in [0.1, 0.15) is 5.75 Å². The van der Waals surface area contributed by atoms with Crippen LogP contribution in [0, 0.1) is 0 Å². The van der Waals surface area contributed by atoms with Crippen molar-refractivity contribution in [2.75, 3.05) is 18.8 Å². The predicted molar refractivity (Wildman–Crippen MR) is 120 cm³/mol. The Morgan fingerprint density at radius 1 is 0.968 bits per heavy atom. The van der Waals surface area contributed by atoms with E-state index in [1.165, 1.54) is 0 Å². The molecule has 1 amide bonds. The van der Waals surface area contributed by atoms with Gasteiger partial charge in [0.25, 0.3) is 5.91 Å². The van der Waals surface area contributed by atoms with Crippen molar-refractivity contribution < 1.29 is 19.0 Å². The fourth-order valence-electron chi connectivity index (χ4n) is 3.61. The molecule has 0 bridgehead atoms. The van der Waals surface area contributed by atoms with E-state index in [0.717, 1.165) is 22.6 Å². The summed E-state index contributed by atoms with van der Waals surface area (Å²) < 4.78 is 16.1. The number of nitrogens with zero attached hydrogens (tertiary/aromatic N) is 1. The maximum atomic E-state index is 13.5. The summed E-state index contributed by atoms with van der Waals surface area (Å²) in [5.74, 6) is 1.92. The van der Waals surface area contributed by atoms with Crippen LogP contribution >= 0.6 is 11.6 Å². The summed E-state index contributed by atoms with van der Waals surface area (Å²) >= 11 is 6.07. The molecule has 0 aliphatic carbocycles. The molecule has 0 N–H and O–H groups in total. The molecule has 31 heavy (non-hydrogen) atoms. The molecule has 0 fully saturated rings. The maximum Gasteiger partial charge on any atom is 0.262 e. The van der Waals surface area contributed by atoms with Crippen molar-refractivity contribution in [3.8, 4) is 17.2 Å². The zero-order valence-corrected chi connectivity index (χ0v) is 17.4. The Bertz CT molecular complexity index is 1210. The monoisotopic (exact) mass is 431 g/mol. The number of amides is 1. The molecule has 0 saturated heterocycles. The van der Waals surface area contributed by atoms with E-state index in [1.54, 1.807) is 12.0 Å². The Morgan fingerprint density at radius 2 is 1.71 bits per heavy atom. The summed E-state index contributed by atoms with van der Waals surface area (Å²) in [5, 5.41) is 0.636. The molecule has 0 aromatic heterocycles. The Hall–Kier alpha value is -3.70. The van der Waals surface area contributed by atoms with Crippen molar-refractivity contribution in [2.45, 2.75) is 0 Å². The number of carbonyl (C=O) groups is 1. The van der Waals surface area contributed by atoms with Crippen LogP contribution < -0.4 is 19.1 Å². The molecule has 0 atom stereocenters. The Balaban J connectivity index is 1.58. The lowest BCUT2D eigenvalue weighted by Crippen LogP contribution is -2.24. The van der Waals surface area contributed by atoms with Crippen LogP contribution in [0.25, 0.3) is 11.8 Å². The standard InChI is InChI=1S/C25H18ClNO4/c1-29-21-9-2-16(3-10-21)12-18-13-22(17-4-6-19(26)7-5-17)27(25(18)28)20-8-11-23-24(14-20)31-15-30-23/h2-14H,15H2,1H3. The van der Waals surface area contributed by atoms with Gasteiger partial charge in [0.05, 0.1) is 18.5 Å². The number of rotatable bonds is 4. The molecule has 6 heteroatoms. The summed E-state index contributed by atoms with van der Waals surface area (Å²) in [7, 11) is 1.62. The molecule has 0 radical (unpaired) electrons. The van der Waals surface area contributed by atoms with Crippen LogP contribution in [0.4, 0.5) is 5.69 Å². The summed E-state index contributed by atoms with van der Waals surface area (Å²) in [4.78, 5) is 15.1. The van der Waals surface area contributed by atoms with Gasteiger partial charge in [0.15, 0.2) is 11.5 Å². The first kappa shape index (κ1) is 19.3. The van der Waals surface area contributed by atoms with Gasteiger partial charge in [-0.2, -0.15) is 0 Å². The van der Waals surface area contributed by atoms with Crippen LogP contribution in [0.3, 0.4) is 0 Å². The number of benzene rings is 3. The number of carbonyl (C=O) groups excluding carboxylic acids is 1. The minimum absolute atomic E-state index is 0.125. The molecule has 0 spiro atoms. The fourth-order valence-corrected chi connectivity index (χ4v) is 3.73. The maximum absolute atomic E-state index is 13.5. The zero-order chi connectivity index (χ0) is 21.4. The van der Waals surface area contributed by atoms with Gasteiger partial charge in [-0.15, -0.1) is 0 Å². The predicted octanol–water partition coefficient (Wildman–Crippen LogP) is 5.55. The van der Waals surface area contributed by atoms with E-state index in [2.05, 4.69) is 0 Å². The summed E-state index contributed by atoms with van der Waals surface area (Å²) in [6.45, 7) is 0.176. The van der Waals surface area contributed by atoms with Gasteiger partial charge in [0, 0.05) is 16.7 Å². The molecule has 154 valence electrons. The number of fused-ring (bicyclic) bond motifs is 1. The van der Waals surface area contributed by atoms with E-state index in [0.29, 0.717) is 27.8 Å². The third-order valence-electron chi connectivity index (χ3n) is 5.18. The number of hydrogen-bond donors (Lipinski definition) is 0. The van der Waals surface area contributed by atoms with E-state index >= 15 is 0 Å². The molecule has 2 aliphatic rings. The van der Waals surface area contributed by atoms with Gasteiger partial charge >= 0.3 is 0 Å². The molecule has 0 saturated carbocycles. The fraction of sp³-hybridized carbons (Fsp3) is 0.0800. The van der Waals surface area contributed by atoms with Gasteiger partial charge < -0.3 is 14.2 Å². The van der Waals surface area contributed by atoms with E-state index < -0.39 is 0 Å². The van der Waals surface area contributed by atoms with Crippen LogP contribution in [0.5, 0.6) is 17.2 Å². The first-order valence-electron chi connectivity index (χ1n) is 9.70. The molecule has 3 aromatic rings. The average molecular weight is 432 g/mol. The van der Waals surface area contributed by atoms with Crippen molar-refractivity contribution in [1.29, 1.82) is 0 Å². The molecular weight excluding hydrogens is 414 g/mol. The quantitative estimate of drug-likeness (QED) is 0.508. The third-order valence-corrected chi connectivity index (χ3v) is 5.43. The van der Waals surface area contributed by atoms with Crippen molar-refractivity contribution >= 4 is 35.0 Å². The van der Waals surface area contributed by atoms with Crippen LogP contribution in [0.2, 0.25) is 5.02 Å². The third kappa shape index (κ3) is 3.64. The second kappa shape index (κ2) is 7.85. The number of hydrogen-bond acceptors (Lipinski definition) is 4. The number of anilines is 1. The lowest BCUT2D eigenvalue weighted by atomic mass is 10.1. The lowest BCUT2D eigenvalue weighted by molar-refractivity contribution is -0.113. The van der Waals surface area contributed by atoms with E-state index in [4.69, 9.17) is 25.8 Å². The highest BCUT2D eigenvalue weighted by atomic mass is 35.5. The molecule has 3 aromatic carbocycles. The lowest BCUT2D eigenvalue weighted by Gasteiger charge is -2.21. The first-order chi connectivity index (χ1) is 15.1. The number of methoxy groups -OCH3 is 1. The largest absolute Gasteiger partial charge is 0.497 e. The SMILES string of the molecule is COc1ccc(C=C2C=C(c3ccc(Cl)cc3)N(c3ccc4c(c3)OCO4)C2=O)cc1. The number of halogens is 1. The average Bonchev–Trinajstić information content (AvgIpc) is 3.39. The van der Waals surface area contributed by atoms with E-state index in [1.807, 2.05) is 78.9 Å². The molecule has 2 aliphatic heterocycles. The van der Waals surface area contributed by atoms with E-state index in [-0.39, 0.29) is 12.7 Å². The minimum atomic E-state index is -0.125. The van der Waals surface area contributed by atoms with E-state index in [9.17, 15) is 4.79 Å². The van der Waals surface area contributed by atoms with Gasteiger partial charge in [-0.3, -0.25) is 9.69 Å². The van der Waals surface area contributed by atoms with Crippen molar-refractivity contribution in [1.82, 2.24) is 0 Å². The second-order valence-corrected chi connectivity index (χ2v) is 7.52. The Kier molecular flexibility index (Phi) is 4.88. The van der Waals surface area contributed by atoms with Crippen LogP contribution in [0.15, 0.2) is 78.4 Å². The topological polar surface area (TPSA) is 48.0 Å². The van der Waals surface area contributed by atoms with Gasteiger partial charge in [0.2, 0.25) is 6.79 Å². The normalized spacial score (nSPS) is 16.1.